The molecule has 2 aromatic rings. The Hall–Kier alpha value is -1.41. The zero-order valence-corrected chi connectivity index (χ0v) is 12.6. The summed E-state index contributed by atoms with van der Waals surface area (Å²) in [6.07, 6.45) is 6.04. The Morgan fingerprint density at radius 1 is 1.10 bits per heavy atom. The van der Waals surface area contributed by atoms with Crippen molar-refractivity contribution in [2.45, 2.75) is 45.6 Å². The van der Waals surface area contributed by atoms with Gasteiger partial charge in [-0.1, -0.05) is 32.4 Å². The van der Waals surface area contributed by atoms with Crippen LogP contribution >= 0.6 is 0 Å². The zero-order valence-electron chi connectivity index (χ0n) is 12.6. The molecule has 1 fully saturated rings. The van der Waals surface area contributed by atoms with Crippen LogP contribution in [0, 0.1) is 0 Å². The van der Waals surface area contributed by atoms with E-state index < -0.39 is 0 Å². The number of aromatic nitrogens is 1. The highest BCUT2D eigenvalue weighted by atomic mass is 15.1. The van der Waals surface area contributed by atoms with Crippen LogP contribution in [0.5, 0.6) is 0 Å². The van der Waals surface area contributed by atoms with Gasteiger partial charge in [-0.25, -0.2) is 0 Å². The van der Waals surface area contributed by atoms with Crippen molar-refractivity contribution in [3.8, 4) is 0 Å². The molecule has 0 aliphatic carbocycles. The minimum atomic E-state index is 0.476. The average Bonchev–Trinajstić information content (AvgIpc) is 2.47. The van der Waals surface area contributed by atoms with Crippen LogP contribution in [-0.2, 0) is 6.54 Å². The van der Waals surface area contributed by atoms with Gasteiger partial charge in [-0.05, 0) is 54.9 Å². The first-order valence-electron chi connectivity index (χ1n) is 7.84. The number of fused-ring (bicyclic) bond motifs is 1. The Kier molecular flexibility index (Phi) is 4.02. The molecule has 2 heterocycles. The van der Waals surface area contributed by atoms with Crippen molar-refractivity contribution in [1.82, 2.24) is 9.88 Å². The summed E-state index contributed by atoms with van der Waals surface area (Å²) in [5.41, 5.74) is 2.65. The van der Waals surface area contributed by atoms with Gasteiger partial charge in [0.2, 0.25) is 0 Å². The predicted octanol–water partition coefficient (Wildman–Crippen LogP) is 4.34. The SMILES string of the molecule is CC(C)c1nccc2ccc(CN3CCCCC3)cc12. The summed E-state index contributed by atoms with van der Waals surface area (Å²) in [6.45, 7) is 8.03. The molecule has 2 nitrogen and oxygen atoms in total. The Bertz CT molecular complexity index is 583. The second-order valence-corrected chi connectivity index (χ2v) is 6.24. The maximum atomic E-state index is 4.58. The van der Waals surface area contributed by atoms with Crippen LogP contribution in [0.1, 0.15) is 50.3 Å². The summed E-state index contributed by atoms with van der Waals surface area (Å²) >= 11 is 0. The second-order valence-electron chi connectivity index (χ2n) is 6.24. The highest BCUT2D eigenvalue weighted by Crippen LogP contribution is 2.25. The van der Waals surface area contributed by atoms with E-state index in [0.29, 0.717) is 5.92 Å². The molecule has 1 aliphatic rings. The normalized spacial score (nSPS) is 16.9. The minimum absolute atomic E-state index is 0.476. The number of hydrogen-bond donors (Lipinski definition) is 0. The van der Waals surface area contributed by atoms with Crippen LogP contribution in [0.4, 0.5) is 0 Å². The van der Waals surface area contributed by atoms with Crippen molar-refractivity contribution >= 4 is 10.8 Å². The fraction of sp³-hybridized carbons (Fsp3) is 0.500. The third kappa shape index (κ3) is 2.85. The molecule has 106 valence electrons. The third-order valence-corrected chi connectivity index (χ3v) is 4.26. The largest absolute Gasteiger partial charge is 0.299 e. The molecule has 0 amide bonds. The fourth-order valence-electron chi connectivity index (χ4n) is 3.17. The number of likely N-dealkylation sites (tertiary alicyclic amines) is 1. The number of hydrogen-bond acceptors (Lipinski definition) is 2. The highest BCUT2D eigenvalue weighted by Gasteiger charge is 2.12. The first-order chi connectivity index (χ1) is 9.74. The smallest absolute Gasteiger partial charge is 0.0507 e. The molecule has 0 bridgehead atoms. The van der Waals surface area contributed by atoms with E-state index >= 15 is 0 Å². The van der Waals surface area contributed by atoms with Gasteiger partial charge in [0.05, 0.1) is 5.69 Å². The van der Waals surface area contributed by atoms with E-state index in [9.17, 15) is 0 Å². The van der Waals surface area contributed by atoms with E-state index in [4.69, 9.17) is 0 Å². The highest BCUT2D eigenvalue weighted by molar-refractivity contribution is 5.85. The summed E-state index contributed by atoms with van der Waals surface area (Å²) in [5.74, 6) is 0.476. The molecular weight excluding hydrogens is 244 g/mol. The molecule has 0 atom stereocenters. The van der Waals surface area contributed by atoms with Crippen molar-refractivity contribution in [2.24, 2.45) is 0 Å². The van der Waals surface area contributed by atoms with Gasteiger partial charge in [-0.3, -0.25) is 9.88 Å². The van der Waals surface area contributed by atoms with Gasteiger partial charge in [-0.2, -0.15) is 0 Å². The summed E-state index contributed by atoms with van der Waals surface area (Å²) in [4.78, 5) is 7.16. The van der Waals surface area contributed by atoms with E-state index in [1.165, 1.54) is 54.4 Å². The van der Waals surface area contributed by atoms with E-state index in [-0.39, 0.29) is 0 Å². The van der Waals surface area contributed by atoms with Gasteiger partial charge in [0.1, 0.15) is 0 Å². The lowest BCUT2D eigenvalue weighted by Gasteiger charge is -2.26. The molecule has 20 heavy (non-hydrogen) atoms. The second kappa shape index (κ2) is 5.92. The maximum Gasteiger partial charge on any atom is 0.0507 e. The number of pyridine rings is 1. The lowest BCUT2D eigenvalue weighted by atomic mass is 10.00. The van der Waals surface area contributed by atoms with Crippen molar-refractivity contribution < 1.29 is 0 Å². The Morgan fingerprint density at radius 2 is 1.90 bits per heavy atom. The summed E-state index contributed by atoms with van der Waals surface area (Å²) in [7, 11) is 0. The van der Waals surface area contributed by atoms with Gasteiger partial charge in [0.15, 0.2) is 0 Å². The van der Waals surface area contributed by atoms with Crippen LogP contribution in [0.15, 0.2) is 30.5 Å². The van der Waals surface area contributed by atoms with E-state index in [0.717, 1.165) is 6.54 Å². The van der Waals surface area contributed by atoms with Crippen molar-refractivity contribution in [2.75, 3.05) is 13.1 Å². The molecule has 0 spiro atoms. The lowest BCUT2D eigenvalue weighted by molar-refractivity contribution is 0.221. The molecule has 0 radical (unpaired) electrons. The fourth-order valence-corrected chi connectivity index (χ4v) is 3.17. The molecular formula is C18H24N2. The predicted molar refractivity (Wildman–Crippen MR) is 85.0 cm³/mol. The Morgan fingerprint density at radius 3 is 2.65 bits per heavy atom. The quantitative estimate of drug-likeness (QED) is 0.823. The first-order valence-corrected chi connectivity index (χ1v) is 7.84. The molecule has 1 saturated heterocycles. The third-order valence-electron chi connectivity index (χ3n) is 4.26. The molecule has 0 N–H and O–H groups in total. The van der Waals surface area contributed by atoms with Gasteiger partial charge < -0.3 is 0 Å². The number of nitrogens with zero attached hydrogens (tertiary/aromatic N) is 2. The summed E-state index contributed by atoms with van der Waals surface area (Å²) < 4.78 is 0. The van der Waals surface area contributed by atoms with Gasteiger partial charge >= 0.3 is 0 Å². The molecule has 1 aromatic heterocycles. The lowest BCUT2D eigenvalue weighted by Crippen LogP contribution is -2.29. The van der Waals surface area contributed by atoms with Gasteiger partial charge in [0.25, 0.3) is 0 Å². The molecule has 1 aromatic carbocycles. The zero-order chi connectivity index (χ0) is 13.9. The average molecular weight is 268 g/mol. The number of piperidine rings is 1. The molecule has 2 heteroatoms. The number of benzene rings is 1. The van der Waals surface area contributed by atoms with Crippen molar-refractivity contribution in [3.05, 3.63) is 41.7 Å². The summed E-state index contributed by atoms with van der Waals surface area (Å²) in [5, 5.41) is 2.64. The molecule has 1 aliphatic heterocycles. The van der Waals surface area contributed by atoms with Crippen molar-refractivity contribution in [3.63, 3.8) is 0 Å². The van der Waals surface area contributed by atoms with Gasteiger partial charge in [-0.15, -0.1) is 0 Å². The van der Waals surface area contributed by atoms with Crippen LogP contribution in [0.25, 0.3) is 10.8 Å². The van der Waals surface area contributed by atoms with E-state index in [2.05, 4.69) is 48.0 Å². The van der Waals surface area contributed by atoms with Gasteiger partial charge in [0, 0.05) is 18.1 Å². The monoisotopic (exact) mass is 268 g/mol. The van der Waals surface area contributed by atoms with E-state index in [1.54, 1.807) is 0 Å². The summed E-state index contributed by atoms with van der Waals surface area (Å²) in [6, 6.07) is 9.00. The standard InChI is InChI=1S/C18H24N2/c1-14(2)18-17-12-15(6-7-16(17)8-9-19-18)13-20-10-4-3-5-11-20/h6-9,12,14H,3-5,10-11,13H2,1-2H3. The molecule has 3 rings (SSSR count). The Balaban J connectivity index is 1.90. The first kappa shape index (κ1) is 13.6. The Labute approximate surface area is 121 Å². The van der Waals surface area contributed by atoms with Crippen molar-refractivity contribution in [1.29, 1.82) is 0 Å². The van der Waals surface area contributed by atoms with Crippen LogP contribution in [0.3, 0.4) is 0 Å². The van der Waals surface area contributed by atoms with Crippen LogP contribution in [0.2, 0.25) is 0 Å². The van der Waals surface area contributed by atoms with E-state index in [1.807, 2.05) is 6.20 Å². The topological polar surface area (TPSA) is 16.1 Å². The molecule has 0 saturated carbocycles. The minimum Gasteiger partial charge on any atom is -0.299 e. The maximum absolute atomic E-state index is 4.58. The molecule has 0 unspecified atom stereocenters. The van der Waals surface area contributed by atoms with Crippen LogP contribution < -0.4 is 0 Å². The number of rotatable bonds is 3. The van der Waals surface area contributed by atoms with Crippen LogP contribution in [-0.4, -0.2) is 23.0 Å².